The van der Waals surface area contributed by atoms with Gasteiger partial charge in [-0.2, -0.15) is 0 Å². The van der Waals surface area contributed by atoms with Crippen LogP contribution in [0.2, 0.25) is 0 Å². The molecule has 1 N–H and O–H groups in total. The van der Waals surface area contributed by atoms with Crippen LogP contribution in [0.25, 0.3) is 0 Å². The van der Waals surface area contributed by atoms with E-state index in [1.54, 1.807) is 37.3 Å². The lowest BCUT2D eigenvalue weighted by Gasteiger charge is -2.22. The molecule has 0 saturated carbocycles. The van der Waals surface area contributed by atoms with Crippen LogP contribution in [0, 0.1) is 5.82 Å². The zero-order valence-corrected chi connectivity index (χ0v) is 15.6. The van der Waals surface area contributed by atoms with Gasteiger partial charge in [-0.1, -0.05) is 18.2 Å². The van der Waals surface area contributed by atoms with E-state index in [0.717, 1.165) is 5.56 Å². The average molecular weight is 374 g/mol. The number of benzene rings is 2. The van der Waals surface area contributed by atoms with Crippen molar-refractivity contribution in [3.05, 3.63) is 59.4 Å². The Morgan fingerprint density at radius 1 is 1.07 bits per heavy atom. The number of hydrogen-bond donors (Lipinski definition) is 1. The molecule has 0 aromatic heterocycles. The molecule has 7 heteroatoms. The number of ether oxygens (including phenoxy) is 2. The van der Waals surface area contributed by atoms with E-state index in [-0.39, 0.29) is 18.0 Å². The molecule has 0 aliphatic heterocycles. The van der Waals surface area contributed by atoms with E-state index in [9.17, 15) is 14.0 Å². The molecule has 27 heavy (non-hydrogen) atoms. The molecule has 0 aliphatic rings. The Bertz CT molecular complexity index is 810. The fraction of sp³-hybridized carbons (Fsp3) is 0.300. The van der Waals surface area contributed by atoms with Gasteiger partial charge in [0.2, 0.25) is 5.91 Å². The molecule has 0 saturated heterocycles. The van der Waals surface area contributed by atoms with Gasteiger partial charge < -0.3 is 19.7 Å². The SMILES string of the molecule is COc1ccc(CN(CCNC(=O)c2ccccc2F)C(C)=O)cc1OC. The Morgan fingerprint density at radius 2 is 1.78 bits per heavy atom. The van der Waals surface area contributed by atoms with E-state index < -0.39 is 11.7 Å². The van der Waals surface area contributed by atoms with E-state index in [4.69, 9.17) is 9.47 Å². The lowest BCUT2D eigenvalue weighted by atomic mass is 10.2. The summed E-state index contributed by atoms with van der Waals surface area (Å²) in [5.74, 6) is -0.0458. The Labute approximate surface area is 157 Å². The molecule has 0 fully saturated rings. The van der Waals surface area contributed by atoms with E-state index in [0.29, 0.717) is 24.6 Å². The third kappa shape index (κ3) is 5.44. The van der Waals surface area contributed by atoms with Crippen molar-refractivity contribution >= 4 is 11.8 Å². The maximum absolute atomic E-state index is 13.6. The third-order valence-electron chi connectivity index (χ3n) is 4.05. The van der Waals surface area contributed by atoms with E-state index in [2.05, 4.69) is 5.32 Å². The van der Waals surface area contributed by atoms with Gasteiger partial charge in [0.05, 0.1) is 19.8 Å². The largest absolute Gasteiger partial charge is 0.493 e. The molecule has 0 aliphatic carbocycles. The van der Waals surface area contributed by atoms with Crippen LogP contribution in [-0.2, 0) is 11.3 Å². The molecule has 0 radical (unpaired) electrons. The highest BCUT2D eigenvalue weighted by Gasteiger charge is 2.14. The van der Waals surface area contributed by atoms with Crippen LogP contribution in [0.4, 0.5) is 4.39 Å². The quantitative estimate of drug-likeness (QED) is 0.771. The van der Waals surface area contributed by atoms with Gasteiger partial charge >= 0.3 is 0 Å². The Kier molecular flexibility index (Phi) is 7.16. The zero-order chi connectivity index (χ0) is 19.8. The van der Waals surface area contributed by atoms with Crippen molar-refractivity contribution in [1.82, 2.24) is 10.2 Å². The fourth-order valence-corrected chi connectivity index (χ4v) is 2.59. The lowest BCUT2D eigenvalue weighted by Crippen LogP contribution is -2.37. The number of amides is 2. The number of methoxy groups -OCH3 is 2. The first-order valence-corrected chi connectivity index (χ1v) is 8.45. The predicted octanol–water partition coefficient (Wildman–Crippen LogP) is 2.62. The summed E-state index contributed by atoms with van der Waals surface area (Å²) in [5.41, 5.74) is 0.843. The second-order valence-electron chi connectivity index (χ2n) is 5.87. The van der Waals surface area contributed by atoms with Gasteiger partial charge in [-0.05, 0) is 29.8 Å². The monoisotopic (exact) mass is 374 g/mol. The van der Waals surface area contributed by atoms with Crippen LogP contribution >= 0.6 is 0 Å². The highest BCUT2D eigenvalue weighted by Crippen LogP contribution is 2.28. The van der Waals surface area contributed by atoms with Gasteiger partial charge in [0.1, 0.15) is 5.82 Å². The molecule has 0 unspecified atom stereocenters. The average Bonchev–Trinajstić information content (AvgIpc) is 2.67. The minimum Gasteiger partial charge on any atom is -0.493 e. The van der Waals surface area contributed by atoms with Crippen molar-refractivity contribution in [2.24, 2.45) is 0 Å². The first-order valence-electron chi connectivity index (χ1n) is 8.45. The standard InChI is InChI=1S/C20H23FN2O4/c1-14(24)23(13-15-8-9-18(26-2)19(12-15)27-3)11-10-22-20(25)16-6-4-5-7-17(16)21/h4-9,12H,10-11,13H2,1-3H3,(H,22,25). The van der Waals surface area contributed by atoms with Crippen LogP contribution < -0.4 is 14.8 Å². The summed E-state index contributed by atoms with van der Waals surface area (Å²) in [5, 5.41) is 2.63. The molecule has 2 rings (SSSR count). The van der Waals surface area contributed by atoms with Gasteiger partial charge in [-0.25, -0.2) is 4.39 Å². The summed E-state index contributed by atoms with van der Waals surface area (Å²) < 4.78 is 24.1. The summed E-state index contributed by atoms with van der Waals surface area (Å²) >= 11 is 0. The summed E-state index contributed by atoms with van der Waals surface area (Å²) in [4.78, 5) is 25.6. The van der Waals surface area contributed by atoms with Crippen LogP contribution in [0.1, 0.15) is 22.8 Å². The zero-order valence-electron chi connectivity index (χ0n) is 15.6. The number of nitrogens with one attached hydrogen (secondary N) is 1. The van der Waals surface area contributed by atoms with Crippen LogP contribution in [0.5, 0.6) is 11.5 Å². The molecular formula is C20H23FN2O4. The maximum Gasteiger partial charge on any atom is 0.254 e. The number of carbonyl (C=O) groups is 2. The van der Waals surface area contributed by atoms with E-state index in [1.165, 1.54) is 25.1 Å². The van der Waals surface area contributed by atoms with Crippen molar-refractivity contribution in [2.75, 3.05) is 27.3 Å². The van der Waals surface area contributed by atoms with Crippen molar-refractivity contribution in [2.45, 2.75) is 13.5 Å². The molecule has 0 spiro atoms. The van der Waals surface area contributed by atoms with Crippen LogP contribution in [0.3, 0.4) is 0 Å². The molecule has 2 aromatic rings. The number of hydrogen-bond acceptors (Lipinski definition) is 4. The topological polar surface area (TPSA) is 67.9 Å². The Morgan fingerprint density at radius 3 is 2.41 bits per heavy atom. The molecular weight excluding hydrogens is 351 g/mol. The summed E-state index contributed by atoms with van der Waals surface area (Å²) in [6.07, 6.45) is 0. The number of rotatable bonds is 8. The summed E-state index contributed by atoms with van der Waals surface area (Å²) in [7, 11) is 3.10. The number of nitrogens with zero attached hydrogens (tertiary/aromatic N) is 1. The summed E-state index contributed by atoms with van der Waals surface area (Å²) in [6, 6.07) is 11.2. The van der Waals surface area contributed by atoms with E-state index in [1.807, 2.05) is 6.07 Å². The lowest BCUT2D eigenvalue weighted by molar-refractivity contribution is -0.129. The maximum atomic E-state index is 13.6. The molecule has 2 amide bonds. The molecule has 6 nitrogen and oxygen atoms in total. The molecule has 0 heterocycles. The van der Waals surface area contributed by atoms with E-state index >= 15 is 0 Å². The van der Waals surface area contributed by atoms with Gasteiger partial charge in [-0.3, -0.25) is 9.59 Å². The van der Waals surface area contributed by atoms with Crippen molar-refractivity contribution in [3.63, 3.8) is 0 Å². The summed E-state index contributed by atoms with van der Waals surface area (Å²) in [6.45, 7) is 2.31. The first kappa shape index (κ1) is 20.2. The smallest absolute Gasteiger partial charge is 0.254 e. The van der Waals surface area contributed by atoms with Crippen LogP contribution in [0.15, 0.2) is 42.5 Å². The van der Waals surface area contributed by atoms with Crippen molar-refractivity contribution < 1.29 is 23.5 Å². The predicted molar refractivity (Wildman–Crippen MR) is 99.4 cm³/mol. The van der Waals surface area contributed by atoms with Crippen molar-refractivity contribution in [1.29, 1.82) is 0 Å². The third-order valence-corrected chi connectivity index (χ3v) is 4.05. The van der Waals surface area contributed by atoms with Crippen molar-refractivity contribution in [3.8, 4) is 11.5 Å². The Balaban J connectivity index is 1.97. The first-order chi connectivity index (χ1) is 13.0. The highest BCUT2D eigenvalue weighted by molar-refractivity contribution is 5.94. The molecule has 0 bridgehead atoms. The fourth-order valence-electron chi connectivity index (χ4n) is 2.59. The molecule has 144 valence electrons. The van der Waals surface area contributed by atoms with Gasteiger partial charge in [-0.15, -0.1) is 0 Å². The van der Waals surface area contributed by atoms with Gasteiger partial charge in [0.15, 0.2) is 11.5 Å². The minimum absolute atomic E-state index is 0.0215. The second kappa shape index (κ2) is 9.56. The van der Waals surface area contributed by atoms with Gasteiger partial charge in [0.25, 0.3) is 5.91 Å². The minimum atomic E-state index is -0.580. The normalized spacial score (nSPS) is 10.2. The number of carbonyl (C=O) groups excluding carboxylic acids is 2. The highest BCUT2D eigenvalue weighted by atomic mass is 19.1. The second-order valence-corrected chi connectivity index (χ2v) is 5.87. The van der Waals surface area contributed by atoms with Crippen LogP contribution in [-0.4, -0.2) is 44.0 Å². The Hall–Kier alpha value is -3.09. The molecule has 0 atom stereocenters. The van der Waals surface area contributed by atoms with Gasteiger partial charge in [0, 0.05) is 26.6 Å². The number of halogens is 1. The molecule has 2 aromatic carbocycles.